The molecule has 0 aliphatic heterocycles. The third kappa shape index (κ3) is 2.62. The largest absolute Gasteiger partial charge is 0.477 e. The Bertz CT molecular complexity index is 646. The number of amides is 1. The van der Waals surface area contributed by atoms with Crippen molar-refractivity contribution in [3.8, 4) is 0 Å². The molecule has 0 fully saturated rings. The molecule has 0 atom stereocenters. The Hall–Kier alpha value is -2.63. The lowest BCUT2D eigenvalue weighted by Gasteiger charge is -2.05. The molecule has 0 saturated carbocycles. The summed E-state index contributed by atoms with van der Waals surface area (Å²) in [5, 5.41) is 11.6. The number of aromatic nitrogens is 2. The summed E-state index contributed by atoms with van der Waals surface area (Å²) in [5.41, 5.74) is 1.85. The van der Waals surface area contributed by atoms with Gasteiger partial charge in [0.2, 0.25) is 0 Å². The van der Waals surface area contributed by atoms with Crippen LogP contribution in [-0.4, -0.2) is 27.0 Å². The number of rotatable bonds is 3. The molecule has 0 aromatic carbocycles. The van der Waals surface area contributed by atoms with Crippen molar-refractivity contribution in [3.05, 3.63) is 47.0 Å². The molecule has 0 spiro atoms. The summed E-state index contributed by atoms with van der Waals surface area (Å²) in [6.45, 7) is 3.48. The summed E-state index contributed by atoms with van der Waals surface area (Å²) >= 11 is 0. The fourth-order valence-corrected chi connectivity index (χ4v) is 1.76. The topological polar surface area (TPSA) is 95.1 Å². The Morgan fingerprint density at radius 1 is 1.37 bits per heavy atom. The van der Waals surface area contributed by atoms with Crippen LogP contribution in [0.5, 0.6) is 0 Å². The van der Waals surface area contributed by atoms with Gasteiger partial charge in [-0.1, -0.05) is 6.07 Å². The van der Waals surface area contributed by atoms with Crippen molar-refractivity contribution in [3.63, 3.8) is 0 Å². The molecule has 0 saturated heterocycles. The Kier molecular flexibility index (Phi) is 3.33. The smallest absolute Gasteiger partial charge is 0.354 e. The molecule has 3 N–H and O–H groups in total. The minimum absolute atomic E-state index is 0.0422. The van der Waals surface area contributed by atoms with Crippen LogP contribution >= 0.6 is 0 Å². The van der Waals surface area contributed by atoms with Crippen LogP contribution in [0.25, 0.3) is 0 Å². The van der Waals surface area contributed by atoms with Gasteiger partial charge in [-0.25, -0.2) is 4.79 Å². The molecule has 1 amide bonds. The van der Waals surface area contributed by atoms with Gasteiger partial charge in [0.1, 0.15) is 11.4 Å². The average molecular weight is 259 g/mol. The molecular weight excluding hydrogens is 246 g/mol. The van der Waals surface area contributed by atoms with Gasteiger partial charge in [-0.2, -0.15) is 0 Å². The highest BCUT2D eigenvalue weighted by Crippen LogP contribution is 2.18. The van der Waals surface area contributed by atoms with Gasteiger partial charge in [-0.3, -0.25) is 9.78 Å². The Morgan fingerprint density at radius 2 is 2.11 bits per heavy atom. The minimum atomic E-state index is -1.12. The number of carbonyl (C=O) groups excluding carboxylic acids is 1. The maximum absolute atomic E-state index is 12.0. The van der Waals surface area contributed by atoms with Gasteiger partial charge in [-0.15, -0.1) is 0 Å². The van der Waals surface area contributed by atoms with E-state index in [1.165, 1.54) is 6.20 Å². The van der Waals surface area contributed by atoms with Gasteiger partial charge in [0.15, 0.2) is 0 Å². The summed E-state index contributed by atoms with van der Waals surface area (Å²) in [6, 6.07) is 5.07. The first-order chi connectivity index (χ1) is 8.99. The number of aromatic amines is 1. The van der Waals surface area contributed by atoms with Crippen LogP contribution in [0.15, 0.2) is 24.4 Å². The molecule has 2 heterocycles. The van der Waals surface area contributed by atoms with E-state index in [9.17, 15) is 9.59 Å². The number of nitrogens with zero attached hydrogens (tertiary/aromatic N) is 1. The molecule has 0 radical (unpaired) electrons. The first-order valence-corrected chi connectivity index (χ1v) is 5.65. The van der Waals surface area contributed by atoms with Crippen LogP contribution in [0.3, 0.4) is 0 Å². The van der Waals surface area contributed by atoms with Crippen molar-refractivity contribution in [2.24, 2.45) is 0 Å². The number of carboxylic acids is 1. The summed E-state index contributed by atoms with van der Waals surface area (Å²) in [4.78, 5) is 29.7. The molecule has 19 heavy (non-hydrogen) atoms. The summed E-state index contributed by atoms with van der Waals surface area (Å²) in [5.74, 6) is -1.55. The van der Waals surface area contributed by atoms with Gasteiger partial charge < -0.3 is 15.4 Å². The normalized spacial score (nSPS) is 10.2. The quantitative estimate of drug-likeness (QED) is 0.785. The summed E-state index contributed by atoms with van der Waals surface area (Å²) in [7, 11) is 0. The van der Waals surface area contributed by atoms with E-state index in [4.69, 9.17) is 5.11 Å². The predicted molar refractivity (Wildman–Crippen MR) is 69.4 cm³/mol. The van der Waals surface area contributed by atoms with Gasteiger partial charge in [0.05, 0.1) is 5.69 Å². The van der Waals surface area contributed by atoms with Crippen LogP contribution in [-0.2, 0) is 0 Å². The first kappa shape index (κ1) is 12.8. The Balaban J connectivity index is 2.29. The number of pyridine rings is 1. The fourth-order valence-electron chi connectivity index (χ4n) is 1.76. The highest BCUT2D eigenvalue weighted by molar-refractivity contribution is 6.07. The number of H-pyrrole nitrogens is 1. The Morgan fingerprint density at radius 3 is 2.74 bits per heavy atom. The second-order valence-corrected chi connectivity index (χ2v) is 4.17. The monoisotopic (exact) mass is 259 g/mol. The van der Waals surface area contributed by atoms with Crippen molar-refractivity contribution in [1.82, 2.24) is 9.97 Å². The number of carboxylic acid groups (broad SMARTS) is 1. The fraction of sp³-hybridized carbons (Fsp3) is 0.154. The van der Waals surface area contributed by atoms with E-state index in [1.807, 2.05) is 0 Å². The zero-order valence-electron chi connectivity index (χ0n) is 10.5. The van der Waals surface area contributed by atoms with Crippen molar-refractivity contribution in [1.29, 1.82) is 0 Å². The van der Waals surface area contributed by atoms with E-state index in [2.05, 4.69) is 15.3 Å². The van der Waals surface area contributed by atoms with E-state index in [0.29, 0.717) is 5.69 Å². The van der Waals surface area contributed by atoms with Crippen LogP contribution in [0, 0.1) is 13.8 Å². The lowest BCUT2D eigenvalue weighted by atomic mass is 10.2. The molecule has 0 bridgehead atoms. The lowest BCUT2D eigenvalue weighted by Crippen LogP contribution is -2.16. The van der Waals surface area contributed by atoms with Crippen LogP contribution in [0.2, 0.25) is 0 Å². The number of hydrogen-bond acceptors (Lipinski definition) is 3. The van der Waals surface area contributed by atoms with Crippen LogP contribution in [0.1, 0.15) is 32.2 Å². The van der Waals surface area contributed by atoms with E-state index in [-0.39, 0.29) is 17.1 Å². The number of aryl methyl sites for hydroxylation is 2. The van der Waals surface area contributed by atoms with Crippen molar-refractivity contribution < 1.29 is 14.7 Å². The van der Waals surface area contributed by atoms with Gasteiger partial charge in [-0.05, 0) is 31.5 Å². The number of aromatic carboxylic acids is 1. The van der Waals surface area contributed by atoms with E-state index in [0.717, 1.165) is 5.56 Å². The average Bonchev–Trinajstić information content (AvgIpc) is 2.70. The molecule has 2 aromatic heterocycles. The number of anilines is 1. The molecule has 0 aliphatic carbocycles. The SMILES string of the molecule is Cc1cc(NC(=O)c2ncccc2C)c(C(=O)O)[nH]1. The number of nitrogens with one attached hydrogen (secondary N) is 2. The standard InChI is InChI=1S/C13H13N3O3/c1-7-4-3-5-14-10(7)12(17)16-9-6-8(2)15-11(9)13(18)19/h3-6,15H,1-2H3,(H,16,17)(H,18,19). The van der Waals surface area contributed by atoms with E-state index < -0.39 is 11.9 Å². The highest BCUT2D eigenvalue weighted by Gasteiger charge is 2.17. The number of carbonyl (C=O) groups is 2. The maximum atomic E-state index is 12.0. The number of hydrogen-bond donors (Lipinski definition) is 3. The second-order valence-electron chi connectivity index (χ2n) is 4.17. The molecule has 2 aromatic rings. The third-order valence-corrected chi connectivity index (χ3v) is 2.64. The van der Waals surface area contributed by atoms with Crippen molar-refractivity contribution in [2.45, 2.75) is 13.8 Å². The van der Waals surface area contributed by atoms with Crippen LogP contribution < -0.4 is 5.32 Å². The minimum Gasteiger partial charge on any atom is -0.477 e. The third-order valence-electron chi connectivity index (χ3n) is 2.64. The second kappa shape index (κ2) is 4.93. The van der Waals surface area contributed by atoms with Gasteiger partial charge in [0, 0.05) is 11.9 Å². The van der Waals surface area contributed by atoms with Crippen LogP contribution in [0.4, 0.5) is 5.69 Å². The zero-order valence-corrected chi connectivity index (χ0v) is 10.5. The highest BCUT2D eigenvalue weighted by atomic mass is 16.4. The van der Waals surface area contributed by atoms with E-state index >= 15 is 0 Å². The van der Waals surface area contributed by atoms with Crippen molar-refractivity contribution in [2.75, 3.05) is 5.32 Å². The molecule has 2 rings (SSSR count). The van der Waals surface area contributed by atoms with E-state index in [1.54, 1.807) is 32.0 Å². The molecule has 98 valence electrons. The molecule has 0 aliphatic rings. The summed E-state index contributed by atoms with van der Waals surface area (Å²) in [6.07, 6.45) is 1.52. The summed E-state index contributed by atoms with van der Waals surface area (Å²) < 4.78 is 0. The predicted octanol–water partition coefficient (Wildman–Crippen LogP) is 1.98. The van der Waals surface area contributed by atoms with Gasteiger partial charge in [0.25, 0.3) is 5.91 Å². The van der Waals surface area contributed by atoms with Gasteiger partial charge >= 0.3 is 5.97 Å². The first-order valence-electron chi connectivity index (χ1n) is 5.65. The molecule has 6 nitrogen and oxygen atoms in total. The molecular formula is C13H13N3O3. The molecule has 0 unspecified atom stereocenters. The maximum Gasteiger partial charge on any atom is 0.354 e. The lowest BCUT2D eigenvalue weighted by molar-refractivity contribution is 0.0692. The zero-order chi connectivity index (χ0) is 14.0. The van der Waals surface area contributed by atoms with Crippen molar-refractivity contribution >= 4 is 17.6 Å². The molecule has 6 heteroatoms. The Labute approximate surface area is 109 Å².